The SMILES string of the molecule is C=C.C=C/C=C\C=C1/CCC(c2cc(-c3cc(-c4ccccc4)cc(-c4ccccc4)c3)cc(-c3cc(-c4ccccc4)cc(-c4ccccc4)c3)c2)=Cc2ccccc21.CC.CC. The second kappa shape index (κ2) is 23.6. The lowest BCUT2D eigenvalue weighted by Crippen LogP contribution is -1.92. The predicted octanol–water partition coefficient (Wildman–Crippen LogP) is 19.0. The Bertz CT molecular complexity index is 2560. The van der Waals surface area contributed by atoms with E-state index in [1.165, 1.54) is 94.6 Å². The zero-order valence-corrected chi connectivity index (χ0v) is 38.0. The predicted molar refractivity (Wildman–Crippen MR) is 284 cm³/mol. The third-order valence-electron chi connectivity index (χ3n) is 11.1. The van der Waals surface area contributed by atoms with Crippen molar-refractivity contribution in [3.05, 3.63) is 261 Å². The lowest BCUT2D eigenvalue weighted by molar-refractivity contribution is 1.10. The Balaban J connectivity index is 0.00000109. The largest absolute Gasteiger partial charge is 0.106 e. The van der Waals surface area contributed by atoms with Gasteiger partial charge in [-0.2, -0.15) is 0 Å². The van der Waals surface area contributed by atoms with Gasteiger partial charge < -0.3 is 0 Å². The van der Waals surface area contributed by atoms with Crippen LogP contribution in [0.1, 0.15) is 57.2 Å². The molecule has 0 saturated heterocycles. The molecule has 0 fully saturated rings. The molecule has 0 heterocycles. The summed E-state index contributed by atoms with van der Waals surface area (Å²) in [6.07, 6.45) is 12.5. The van der Waals surface area contributed by atoms with Gasteiger partial charge in [-0.1, -0.05) is 210 Å². The quantitative estimate of drug-likeness (QED) is 0.100. The van der Waals surface area contributed by atoms with Crippen LogP contribution in [0.5, 0.6) is 0 Å². The first-order valence-corrected chi connectivity index (χ1v) is 22.6. The second-order valence-electron chi connectivity index (χ2n) is 14.9. The third-order valence-corrected chi connectivity index (χ3v) is 11.1. The molecule has 0 heteroatoms. The number of allylic oxidation sites excluding steroid dienone is 6. The van der Waals surface area contributed by atoms with Crippen molar-refractivity contribution in [2.75, 3.05) is 0 Å². The van der Waals surface area contributed by atoms with Crippen molar-refractivity contribution >= 4 is 17.2 Å². The minimum Gasteiger partial charge on any atom is -0.106 e. The van der Waals surface area contributed by atoms with Gasteiger partial charge in [-0.3, -0.25) is 0 Å². The van der Waals surface area contributed by atoms with Crippen LogP contribution in [0.4, 0.5) is 0 Å². The Labute approximate surface area is 383 Å². The molecule has 64 heavy (non-hydrogen) atoms. The molecule has 316 valence electrons. The van der Waals surface area contributed by atoms with E-state index in [2.05, 4.69) is 238 Å². The summed E-state index contributed by atoms with van der Waals surface area (Å²) in [5.74, 6) is 0. The molecule has 8 aromatic rings. The van der Waals surface area contributed by atoms with Gasteiger partial charge >= 0.3 is 0 Å². The van der Waals surface area contributed by atoms with Crippen molar-refractivity contribution in [3.8, 4) is 66.8 Å². The summed E-state index contributed by atoms with van der Waals surface area (Å²) in [6, 6.07) is 73.2. The number of hydrogen-bond acceptors (Lipinski definition) is 0. The molecule has 8 aromatic carbocycles. The maximum atomic E-state index is 3.89. The lowest BCUT2D eigenvalue weighted by atomic mass is 9.87. The van der Waals surface area contributed by atoms with E-state index >= 15 is 0 Å². The van der Waals surface area contributed by atoms with Crippen LogP contribution >= 0.6 is 0 Å². The molecule has 9 rings (SSSR count). The van der Waals surface area contributed by atoms with Gasteiger partial charge in [0, 0.05) is 0 Å². The number of fused-ring (bicyclic) bond motifs is 1. The third kappa shape index (κ3) is 11.3. The number of benzene rings is 8. The van der Waals surface area contributed by atoms with Gasteiger partial charge in [0.2, 0.25) is 0 Å². The Morgan fingerprint density at radius 1 is 0.344 bits per heavy atom. The standard InChI is InChI=1S/C58H44.2C2H6.C2H4/c1-2-3-8-27-46-30-31-47(32-48-28-17-18-29-58(46)48)53-39-56(54-35-49(42-19-9-4-10-20-42)33-50(36-54)43-21-11-5-12-22-43)41-57(40-53)55-37-51(44-23-13-6-14-24-44)34-52(38-55)45-25-15-7-16-26-45;3*1-2/h2-29,32-41H,1,30-31H2;2*1-2H3;1-2H2/b8-3-,46-27+;;;. The fourth-order valence-corrected chi connectivity index (χ4v) is 8.15. The van der Waals surface area contributed by atoms with Gasteiger partial charge in [-0.05, 0) is 162 Å². The molecular weight excluding hydrogens is 769 g/mol. The molecule has 1 aliphatic carbocycles. The molecule has 0 unspecified atom stereocenters. The molecule has 0 aromatic heterocycles. The average Bonchev–Trinajstić information content (AvgIpc) is 3.58. The molecule has 1 aliphatic rings. The monoisotopic (exact) mass is 828 g/mol. The van der Waals surface area contributed by atoms with E-state index in [0.29, 0.717) is 0 Å². The Hall–Kier alpha value is -7.54. The highest BCUT2D eigenvalue weighted by atomic mass is 14.2. The first-order valence-electron chi connectivity index (χ1n) is 22.6. The maximum absolute atomic E-state index is 3.89. The van der Waals surface area contributed by atoms with Crippen molar-refractivity contribution in [3.63, 3.8) is 0 Å². The van der Waals surface area contributed by atoms with Gasteiger partial charge in [0.05, 0.1) is 0 Å². The summed E-state index contributed by atoms with van der Waals surface area (Å²) in [7, 11) is 0. The van der Waals surface area contributed by atoms with Crippen molar-refractivity contribution in [1.82, 2.24) is 0 Å². The fraction of sp³-hybridized carbons (Fsp3) is 0.0938. The van der Waals surface area contributed by atoms with E-state index in [-0.39, 0.29) is 0 Å². The molecule has 0 saturated carbocycles. The molecule has 0 bridgehead atoms. The van der Waals surface area contributed by atoms with Crippen LogP contribution in [0.2, 0.25) is 0 Å². The van der Waals surface area contributed by atoms with E-state index in [1.807, 2.05) is 39.8 Å². The fourth-order valence-electron chi connectivity index (χ4n) is 8.15. The van der Waals surface area contributed by atoms with Crippen LogP contribution in [0, 0.1) is 0 Å². The summed E-state index contributed by atoms with van der Waals surface area (Å²) in [4.78, 5) is 0. The molecule has 0 nitrogen and oxygen atoms in total. The van der Waals surface area contributed by atoms with Gasteiger partial charge in [0.1, 0.15) is 0 Å². The van der Waals surface area contributed by atoms with Gasteiger partial charge in [0.15, 0.2) is 0 Å². The molecule has 0 atom stereocenters. The van der Waals surface area contributed by atoms with Gasteiger partial charge in [0.25, 0.3) is 0 Å². The van der Waals surface area contributed by atoms with E-state index in [1.54, 1.807) is 0 Å². The van der Waals surface area contributed by atoms with Gasteiger partial charge in [-0.25, -0.2) is 0 Å². The zero-order chi connectivity index (χ0) is 45.1. The molecule has 0 N–H and O–H groups in total. The summed E-state index contributed by atoms with van der Waals surface area (Å²) in [5, 5.41) is 0. The number of hydrogen-bond donors (Lipinski definition) is 0. The lowest BCUT2D eigenvalue weighted by Gasteiger charge is -2.17. The van der Waals surface area contributed by atoms with Crippen LogP contribution < -0.4 is 0 Å². The molecule has 0 amide bonds. The molecule has 0 radical (unpaired) electrons. The number of rotatable bonds is 9. The van der Waals surface area contributed by atoms with Crippen molar-refractivity contribution in [1.29, 1.82) is 0 Å². The highest BCUT2D eigenvalue weighted by Crippen LogP contribution is 2.41. The molecule has 0 aliphatic heterocycles. The highest BCUT2D eigenvalue weighted by Gasteiger charge is 2.18. The van der Waals surface area contributed by atoms with Crippen LogP contribution in [0.25, 0.3) is 84.0 Å². The van der Waals surface area contributed by atoms with Gasteiger partial charge in [-0.15, -0.1) is 13.2 Å². The van der Waals surface area contributed by atoms with Crippen LogP contribution in [0.15, 0.2) is 244 Å². The second-order valence-corrected chi connectivity index (χ2v) is 14.9. The summed E-state index contributed by atoms with van der Waals surface area (Å²) in [5.41, 5.74) is 20.8. The van der Waals surface area contributed by atoms with E-state index in [9.17, 15) is 0 Å². The van der Waals surface area contributed by atoms with Crippen LogP contribution in [-0.4, -0.2) is 0 Å². The Morgan fingerprint density at radius 2 is 0.656 bits per heavy atom. The minimum absolute atomic E-state index is 0.921. The summed E-state index contributed by atoms with van der Waals surface area (Å²) in [6.45, 7) is 17.9. The van der Waals surface area contributed by atoms with E-state index < -0.39 is 0 Å². The zero-order valence-electron chi connectivity index (χ0n) is 38.0. The topological polar surface area (TPSA) is 0 Å². The van der Waals surface area contributed by atoms with Crippen molar-refractivity contribution in [2.24, 2.45) is 0 Å². The van der Waals surface area contributed by atoms with E-state index in [4.69, 9.17) is 0 Å². The first-order chi connectivity index (χ1) is 31.7. The smallest absolute Gasteiger partial charge is 0.0152 e. The van der Waals surface area contributed by atoms with Crippen LogP contribution in [-0.2, 0) is 0 Å². The van der Waals surface area contributed by atoms with Crippen molar-refractivity contribution in [2.45, 2.75) is 40.5 Å². The maximum Gasteiger partial charge on any atom is -0.0152 e. The average molecular weight is 829 g/mol. The Morgan fingerprint density at radius 3 is 1.02 bits per heavy atom. The first kappa shape index (κ1) is 46.0. The van der Waals surface area contributed by atoms with Crippen molar-refractivity contribution < 1.29 is 0 Å². The Kier molecular flexibility index (Phi) is 17.0. The minimum atomic E-state index is 0.921. The van der Waals surface area contributed by atoms with E-state index in [0.717, 1.165) is 12.8 Å². The molecular formula is C64H60. The normalized spacial score (nSPS) is 12.2. The molecule has 0 spiro atoms. The van der Waals surface area contributed by atoms with Crippen LogP contribution in [0.3, 0.4) is 0 Å². The summed E-state index contributed by atoms with van der Waals surface area (Å²) >= 11 is 0. The highest BCUT2D eigenvalue weighted by molar-refractivity contribution is 5.93. The summed E-state index contributed by atoms with van der Waals surface area (Å²) < 4.78 is 0.